The molecule has 132 valence electrons. The quantitative estimate of drug-likeness (QED) is 0.286. The third-order valence-electron chi connectivity index (χ3n) is 3.41. The van der Waals surface area contributed by atoms with Crippen LogP contribution >= 0.6 is 24.0 Å². The summed E-state index contributed by atoms with van der Waals surface area (Å²) in [4.78, 5) is 10.8. The molecule has 0 bridgehead atoms. The molecule has 0 spiro atoms. The van der Waals surface area contributed by atoms with E-state index < -0.39 is 0 Å². The SMILES string of the molecule is CN=C(NCCCCC(C)C)NCc1cccc(N(C)C)n1.I. The summed E-state index contributed by atoms with van der Waals surface area (Å²) in [5.41, 5.74) is 1.01. The first-order chi connectivity index (χ1) is 10.5. The lowest BCUT2D eigenvalue weighted by atomic mass is 10.1. The van der Waals surface area contributed by atoms with Gasteiger partial charge in [0.1, 0.15) is 5.82 Å². The van der Waals surface area contributed by atoms with Gasteiger partial charge >= 0.3 is 0 Å². The van der Waals surface area contributed by atoms with Gasteiger partial charge in [0, 0.05) is 27.7 Å². The average molecular weight is 433 g/mol. The van der Waals surface area contributed by atoms with Crippen molar-refractivity contribution < 1.29 is 0 Å². The van der Waals surface area contributed by atoms with E-state index in [9.17, 15) is 0 Å². The Labute approximate surface area is 158 Å². The monoisotopic (exact) mass is 433 g/mol. The van der Waals surface area contributed by atoms with Crippen molar-refractivity contribution >= 4 is 35.8 Å². The summed E-state index contributed by atoms with van der Waals surface area (Å²) in [6, 6.07) is 6.06. The van der Waals surface area contributed by atoms with Crippen LogP contribution in [0.5, 0.6) is 0 Å². The summed E-state index contributed by atoms with van der Waals surface area (Å²) in [6.45, 7) is 6.16. The smallest absolute Gasteiger partial charge is 0.191 e. The van der Waals surface area contributed by atoms with Gasteiger partial charge in [0.25, 0.3) is 0 Å². The van der Waals surface area contributed by atoms with Crippen molar-refractivity contribution in [3.05, 3.63) is 23.9 Å². The second-order valence-corrected chi connectivity index (χ2v) is 6.12. The van der Waals surface area contributed by atoms with Crippen LogP contribution in [0.3, 0.4) is 0 Å². The highest BCUT2D eigenvalue weighted by Gasteiger charge is 2.02. The third-order valence-corrected chi connectivity index (χ3v) is 3.41. The van der Waals surface area contributed by atoms with Crippen LogP contribution in [0.2, 0.25) is 0 Å². The van der Waals surface area contributed by atoms with Crippen molar-refractivity contribution in [3.63, 3.8) is 0 Å². The molecule has 23 heavy (non-hydrogen) atoms. The van der Waals surface area contributed by atoms with Crippen molar-refractivity contribution in [2.45, 2.75) is 39.7 Å². The maximum absolute atomic E-state index is 4.59. The van der Waals surface area contributed by atoms with Crippen LogP contribution in [0, 0.1) is 5.92 Å². The number of aliphatic imine (C=N–C) groups is 1. The molecular weight excluding hydrogens is 401 g/mol. The molecule has 1 aromatic heterocycles. The highest BCUT2D eigenvalue weighted by atomic mass is 127. The van der Waals surface area contributed by atoms with Gasteiger partial charge in [0.05, 0.1) is 12.2 Å². The van der Waals surface area contributed by atoms with Gasteiger partial charge < -0.3 is 15.5 Å². The van der Waals surface area contributed by atoms with E-state index in [1.165, 1.54) is 19.3 Å². The Balaban J connectivity index is 0.00000484. The number of nitrogens with one attached hydrogen (secondary N) is 2. The number of anilines is 1. The molecule has 2 N–H and O–H groups in total. The Morgan fingerprint density at radius 1 is 1.22 bits per heavy atom. The van der Waals surface area contributed by atoms with Crippen molar-refractivity contribution in [3.8, 4) is 0 Å². The molecule has 0 radical (unpaired) electrons. The molecule has 1 aromatic rings. The van der Waals surface area contributed by atoms with E-state index in [0.29, 0.717) is 6.54 Å². The molecule has 0 aliphatic carbocycles. The van der Waals surface area contributed by atoms with Gasteiger partial charge in [-0.15, -0.1) is 24.0 Å². The zero-order valence-electron chi connectivity index (χ0n) is 15.1. The molecule has 0 saturated carbocycles. The predicted octanol–water partition coefficient (Wildman–Crippen LogP) is 3.26. The Kier molecular flexibility index (Phi) is 11.8. The second-order valence-electron chi connectivity index (χ2n) is 6.12. The molecular formula is C17H32IN5. The van der Waals surface area contributed by atoms with Gasteiger partial charge in [0.15, 0.2) is 5.96 Å². The van der Waals surface area contributed by atoms with Crippen molar-refractivity contribution in [1.29, 1.82) is 0 Å². The third kappa shape index (κ3) is 9.63. The maximum atomic E-state index is 4.59. The molecule has 1 rings (SSSR count). The van der Waals surface area contributed by atoms with Crippen LogP contribution in [0.15, 0.2) is 23.2 Å². The lowest BCUT2D eigenvalue weighted by Gasteiger charge is -2.14. The van der Waals surface area contributed by atoms with Crippen LogP contribution < -0.4 is 15.5 Å². The van der Waals surface area contributed by atoms with Crippen LogP contribution in [0.1, 0.15) is 38.8 Å². The van der Waals surface area contributed by atoms with Gasteiger partial charge in [-0.1, -0.05) is 32.8 Å². The number of guanidine groups is 1. The van der Waals surface area contributed by atoms with Gasteiger partial charge in [-0.05, 0) is 24.5 Å². The summed E-state index contributed by atoms with van der Waals surface area (Å²) in [5.74, 6) is 2.59. The first-order valence-corrected chi connectivity index (χ1v) is 8.10. The fourth-order valence-electron chi connectivity index (χ4n) is 2.09. The number of pyridine rings is 1. The molecule has 0 unspecified atom stereocenters. The fourth-order valence-corrected chi connectivity index (χ4v) is 2.09. The predicted molar refractivity (Wildman–Crippen MR) is 111 cm³/mol. The number of aromatic nitrogens is 1. The van der Waals surface area contributed by atoms with Crippen molar-refractivity contribution in [2.75, 3.05) is 32.6 Å². The summed E-state index contributed by atoms with van der Waals surface area (Å²) in [5, 5.41) is 6.66. The van der Waals surface area contributed by atoms with Crippen molar-refractivity contribution in [2.24, 2.45) is 10.9 Å². The first kappa shape index (κ1) is 21.9. The summed E-state index contributed by atoms with van der Waals surface area (Å²) in [7, 11) is 5.79. The lowest BCUT2D eigenvalue weighted by Crippen LogP contribution is -2.37. The summed E-state index contributed by atoms with van der Waals surface area (Å²) < 4.78 is 0. The molecule has 6 heteroatoms. The van der Waals surface area contributed by atoms with E-state index in [2.05, 4.69) is 34.5 Å². The molecule has 5 nitrogen and oxygen atoms in total. The zero-order chi connectivity index (χ0) is 16.4. The number of hydrogen-bond acceptors (Lipinski definition) is 3. The van der Waals surface area contributed by atoms with Crippen molar-refractivity contribution in [1.82, 2.24) is 15.6 Å². The highest BCUT2D eigenvalue weighted by molar-refractivity contribution is 14.0. The minimum absolute atomic E-state index is 0. The minimum atomic E-state index is 0. The standard InChI is InChI=1S/C17H31N5.HI/c1-14(2)9-6-7-12-19-17(18-3)20-13-15-10-8-11-16(21-15)22(4)5;/h8,10-11,14H,6-7,9,12-13H2,1-5H3,(H2,18,19,20);1H. The molecule has 0 fully saturated rings. The molecule has 1 heterocycles. The van der Waals surface area contributed by atoms with E-state index in [1.54, 1.807) is 7.05 Å². The lowest BCUT2D eigenvalue weighted by molar-refractivity contribution is 0.534. The van der Waals surface area contributed by atoms with E-state index in [0.717, 1.165) is 29.9 Å². The molecule has 0 saturated heterocycles. The molecule has 0 aliphatic heterocycles. The number of hydrogen-bond donors (Lipinski definition) is 2. The van der Waals surface area contributed by atoms with Crippen LogP contribution in [0.4, 0.5) is 5.82 Å². The Morgan fingerprint density at radius 3 is 2.57 bits per heavy atom. The highest BCUT2D eigenvalue weighted by Crippen LogP contribution is 2.07. The van der Waals surface area contributed by atoms with Gasteiger partial charge in [0.2, 0.25) is 0 Å². The van der Waals surface area contributed by atoms with Gasteiger partial charge in [-0.3, -0.25) is 4.99 Å². The van der Waals surface area contributed by atoms with Crippen LogP contribution in [-0.4, -0.2) is 38.6 Å². The Morgan fingerprint density at radius 2 is 1.96 bits per heavy atom. The van der Waals surface area contributed by atoms with E-state index in [1.807, 2.05) is 37.2 Å². The van der Waals surface area contributed by atoms with Crippen LogP contribution in [0.25, 0.3) is 0 Å². The van der Waals surface area contributed by atoms with Crippen LogP contribution in [-0.2, 0) is 6.54 Å². The average Bonchev–Trinajstić information content (AvgIpc) is 2.50. The normalized spacial score (nSPS) is 11.1. The number of halogens is 1. The van der Waals surface area contributed by atoms with E-state index >= 15 is 0 Å². The first-order valence-electron chi connectivity index (χ1n) is 8.10. The zero-order valence-corrected chi connectivity index (χ0v) is 17.4. The van der Waals surface area contributed by atoms with Gasteiger partial charge in [-0.2, -0.15) is 0 Å². The minimum Gasteiger partial charge on any atom is -0.363 e. The maximum Gasteiger partial charge on any atom is 0.191 e. The molecule has 0 aromatic carbocycles. The van der Waals surface area contributed by atoms with Gasteiger partial charge in [-0.25, -0.2) is 4.98 Å². The summed E-state index contributed by atoms with van der Waals surface area (Å²) >= 11 is 0. The van der Waals surface area contributed by atoms with E-state index in [-0.39, 0.29) is 24.0 Å². The number of unbranched alkanes of at least 4 members (excludes halogenated alkanes) is 1. The Hall–Kier alpha value is -1.05. The molecule has 0 amide bonds. The topological polar surface area (TPSA) is 52.6 Å². The van der Waals surface area contributed by atoms with E-state index in [4.69, 9.17) is 0 Å². The molecule has 0 atom stereocenters. The summed E-state index contributed by atoms with van der Waals surface area (Å²) in [6.07, 6.45) is 3.72. The number of rotatable bonds is 8. The fraction of sp³-hybridized carbons (Fsp3) is 0.647. The molecule has 0 aliphatic rings. The largest absolute Gasteiger partial charge is 0.363 e. The Bertz CT molecular complexity index is 460. The second kappa shape index (κ2) is 12.4. The number of nitrogens with zero attached hydrogens (tertiary/aromatic N) is 3.